The molecule has 0 aromatic heterocycles. The zero-order valence-electron chi connectivity index (χ0n) is 12.2. The van der Waals surface area contributed by atoms with E-state index in [4.69, 9.17) is 16.3 Å². The number of hydrogen-bond donors (Lipinski definition) is 1. The van der Waals surface area contributed by atoms with Crippen LogP contribution >= 0.6 is 11.6 Å². The van der Waals surface area contributed by atoms with Gasteiger partial charge in [0.25, 0.3) is 0 Å². The van der Waals surface area contributed by atoms with Gasteiger partial charge in [-0.3, -0.25) is 0 Å². The van der Waals surface area contributed by atoms with E-state index in [1.807, 2.05) is 18.2 Å². The van der Waals surface area contributed by atoms with Crippen LogP contribution in [0, 0.1) is 5.41 Å². The molecule has 0 saturated heterocycles. The van der Waals surface area contributed by atoms with Gasteiger partial charge >= 0.3 is 0 Å². The van der Waals surface area contributed by atoms with Crippen molar-refractivity contribution in [2.24, 2.45) is 5.41 Å². The molecule has 3 heteroatoms. The highest BCUT2D eigenvalue weighted by atomic mass is 35.5. The Kier molecular flexibility index (Phi) is 4.54. The van der Waals surface area contributed by atoms with E-state index in [1.165, 1.54) is 5.56 Å². The van der Waals surface area contributed by atoms with Gasteiger partial charge in [-0.05, 0) is 31.9 Å². The first-order valence-electron chi connectivity index (χ1n) is 7.09. The minimum atomic E-state index is 0.186. The molecule has 0 spiro atoms. The first kappa shape index (κ1) is 14.8. The zero-order valence-corrected chi connectivity index (χ0v) is 13.0. The van der Waals surface area contributed by atoms with Gasteiger partial charge in [-0.2, -0.15) is 0 Å². The Morgan fingerprint density at radius 2 is 2.11 bits per heavy atom. The van der Waals surface area contributed by atoms with Crippen molar-refractivity contribution in [2.45, 2.75) is 52.3 Å². The number of ether oxygens (including phenoxy) is 1. The predicted molar refractivity (Wildman–Crippen MR) is 80.6 cm³/mol. The maximum absolute atomic E-state index is 6.25. The Labute approximate surface area is 121 Å². The molecule has 1 aromatic rings. The van der Waals surface area contributed by atoms with Crippen molar-refractivity contribution in [2.75, 3.05) is 6.61 Å². The largest absolute Gasteiger partial charge is 0.378 e. The summed E-state index contributed by atoms with van der Waals surface area (Å²) in [5.74, 6) is 0. The normalized spacial score (nSPS) is 26.8. The molecule has 19 heavy (non-hydrogen) atoms. The van der Waals surface area contributed by atoms with E-state index < -0.39 is 0 Å². The molecule has 0 amide bonds. The molecule has 0 aliphatic heterocycles. The van der Waals surface area contributed by atoms with Crippen molar-refractivity contribution in [3.05, 3.63) is 34.9 Å². The van der Waals surface area contributed by atoms with Gasteiger partial charge in [-0.1, -0.05) is 43.6 Å². The van der Waals surface area contributed by atoms with Crippen molar-refractivity contribution in [3.63, 3.8) is 0 Å². The molecule has 0 heterocycles. The van der Waals surface area contributed by atoms with Gasteiger partial charge in [0.1, 0.15) is 0 Å². The third-order valence-corrected chi connectivity index (χ3v) is 4.71. The quantitative estimate of drug-likeness (QED) is 0.874. The van der Waals surface area contributed by atoms with Crippen LogP contribution in [0.15, 0.2) is 24.3 Å². The molecule has 3 atom stereocenters. The Bertz CT molecular complexity index is 433. The third kappa shape index (κ3) is 2.96. The second-order valence-corrected chi connectivity index (χ2v) is 6.37. The fourth-order valence-corrected chi connectivity index (χ4v) is 3.17. The first-order valence-corrected chi connectivity index (χ1v) is 7.46. The average Bonchev–Trinajstić information content (AvgIpc) is 2.38. The molecular formula is C16H24ClNO. The van der Waals surface area contributed by atoms with Gasteiger partial charge in [-0.25, -0.2) is 0 Å². The van der Waals surface area contributed by atoms with Gasteiger partial charge in [0.15, 0.2) is 0 Å². The van der Waals surface area contributed by atoms with E-state index in [2.05, 4.69) is 39.1 Å². The number of benzene rings is 1. The second-order valence-electron chi connectivity index (χ2n) is 5.96. The highest BCUT2D eigenvalue weighted by Crippen LogP contribution is 2.43. The maximum atomic E-state index is 6.25. The van der Waals surface area contributed by atoms with E-state index >= 15 is 0 Å². The minimum Gasteiger partial charge on any atom is -0.378 e. The zero-order chi connectivity index (χ0) is 14.0. The lowest BCUT2D eigenvalue weighted by Crippen LogP contribution is -2.61. The number of hydrogen-bond acceptors (Lipinski definition) is 2. The molecule has 1 fully saturated rings. The lowest BCUT2D eigenvalue weighted by Gasteiger charge is -2.52. The fraction of sp³-hybridized carbons (Fsp3) is 0.625. The molecule has 1 aliphatic rings. The summed E-state index contributed by atoms with van der Waals surface area (Å²) in [5, 5.41) is 4.52. The molecule has 2 nitrogen and oxygen atoms in total. The van der Waals surface area contributed by atoms with Crippen LogP contribution in [0.2, 0.25) is 5.02 Å². The summed E-state index contributed by atoms with van der Waals surface area (Å²) in [6.45, 7) is 9.57. The van der Waals surface area contributed by atoms with Crippen LogP contribution in [-0.2, 0) is 4.74 Å². The molecule has 1 N–H and O–H groups in total. The maximum Gasteiger partial charge on any atom is 0.0655 e. The summed E-state index contributed by atoms with van der Waals surface area (Å²) in [7, 11) is 0. The van der Waals surface area contributed by atoms with Crippen LogP contribution in [0.3, 0.4) is 0 Å². The molecule has 1 saturated carbocycles. The SMILES string of the molecule is CCOC1CC(NC(C)c2ccccc2Cl)C1(C)C. The van der Waals surface area contributed by atoms with Crippen molar-refractivity contribution in [1.82, 2.24) is 5.32 Å². The van der Waals surface area contributed by atoms with Crippen molar-refractivity contribution in [3.8, 4) is 0 Å². The van der Waals surface area contributed by atoms with E-state index in [0.29, 0.717) is 12.1 Å². The van der Waals surface area contributed by atoms with Crippen molar-refractivity contribution < 1.29 is 4.74 Å². The summed E-state index contributed by atoms with van der Waals surface area (Å²) in [6.07, 6.45) is 1.45. The minimum absolute atomic E-state index is 0.186. The molecule has 1 aromatic carbocycles. The molecule has 106 valence electrons. The van der Waals surface area contributed by atoms with Crippen LogP contribution in [0.1, 0.15) is 45.7 Å². The monoisotopic (exact) mass is 281 g/mol. The summed E-state index contributed by atoms with van der Waals surface area (Å²) in [6, 6.07) is 8.79. The third-order valence-electron chi connectivity index (χ3n) is 4.37. The Hall–Kier alpha value is -0.570. The first-order chi connectivity index (χ1) is 8.96. The molecule has 1 aliphatic carbocycles. The summed E-state index contributed by atoms with van der Waals surface area (Å²) >= 11 is 6.25. The van der Waals surface area contributed by atoms with Crippen LogP contribution in [0.25, 0.3) is 0 Å². The van der Waals surface area contributed by atoms with E-state index in [0.717, 1.165) is 18.1 Å². The van der Waals surface area contributed by atoms with Crippen molar-refractivity contribution in [1.29, 1.82) is 0 Å². The van der Waals surface area contributed by atoms with Gasteiger partial charge in [0.2, 0.25) is 0 Å². The van der Waals surface area contributed by atoms with Gasteiger partial charge < -0.3 is 10.1 Å². The number of nitrogens with one attached hydrogen (secondary N) is 1. The number of rotatable bonds is 5. The topological polar surface area (TPSA) is 21.3 Å². The lowest BCUT2D eigenvalue weighted by atomic mass is 9.64. The highest BCUT2D eigenvalue weighted by Gasteiger charge is 2.49. The summed E-state index contributed by atoms with van der Waals surface area (Å²) < 4.78 is 5.77. The van der Waals surface area contributed by atoms with Crippen molar-refractivity contribution >= 4 is 11.6 Å². The molecule has 0 radical (unpaired) electrons. The summed E-state index contributed by atoms with van der Waals surface area (Å²) in [5.41, 5.74) is 1.35. The lowest BCUT2D eigenvalue weighted by molar-refractivity contribution is -0.116. The Morgan fingerprint density at radius 1 is 1.42 bits per heavy atom. The molecular weight excluding hydrogens is 258 g/mol. The van der Waals surface area contributed by atoms with E-state index in [-0.39, 0.29) is 11.5 Å². The predicted octanol–water partition coefficient (Wildman–Crippen LogP) is 4.19. The smallest absolute Gasteiger partial charge is 0.0655 e. The van der Waals surface area contributed by atoms with Crippen LogP contribution in [0.5, 0.6) is 0 Å². The summed E-state index contributed by atoms with van der Waals surface area (Å²) in [4.78, 5) is 0. The van der Waals surface area contributed by atoms with Gasteiger partial charge in [-0.15, -0.1) is 0 Å². The van der Waals surface area contributed by atoms with E-state index in [9.17, 15) is 0 Å². The average molecular weight is 282 g/mol. The molecule has 3 unspecified atom stereocenters. The molecule has 0 bridgehead atoms. The Morgan fingerprint density at radius 3 is 2.68 bits per heavy atom. The van der Waals surface area contributed by atoms with Crippen LogP contribution in [0.4, 0.5) is 0 Å². The highest BCUT2D eigenvalue weighted by molar-refractivity contribution is 6.31. The fourth-order valence-electron chi connectivity index (χ4n) is 2.87. The van der Waals surface area contributed by atoms with Gasteiger partial charge in [0, 0.05) is 29.1 Å². The van der Waals surface area contributed by atoms with E-state index in [1.54, 1.807) is 0 Å². The van der Waals surface area contributed by atoms with Crippen LogP contribution in [-0.4, -0.2) is 18.8 Å². The second kappa shape index (κ2) is 5.82. The standard InChI is InChI=1S/C16H24ClNO/c1-5-19-15-10-14(16(15,3)4)18-11(2)12-8-6-7-9-13(12)17/h6-9,11,14-15,18H,5,10H2,1-4H3. The molecule has 2 rings (SSSR count). The van der Waals surface area contributed by atoms with Gasteiger partial charge in [0.05, 0.1) is 6.10 Å². The number of halogens is 1. The van der Waals surface area contributed by atoms with Crippen LogP contribution < -0.4 is 5.32 Å². The Balaban J connectivity index is 1.98.